The van der Waals surface area contributed by atoms with Crippen LogP contribution in [0.5, 0.6) is 5.75 Å². The summed E-state index contributed by atoms with van der Waals surface area (Å²) in [6.07, 6.45) is 1.27. The van der Waals surface area contributed by atoms with Crippen molar-refractivity contribution >= 4 is 11.6 Å². The highest BCUT2D eigenvalue weighted by atomic mass is 16.5. The van der Waals surface area contributed by atoms with Crippen LogP contribution in [-0.4, -0.2) is 30.7 Å². The fraction of sp³-hybridized carbons (Fsp3) is 0.360. The second-order valence-corrected chi connectivity index (χ2v) is 7.53. The van der Waals surface area contributed by atoms with Crippen LogP contribution in [0.15, 0.2) is 59.1 Å². The molecule has 164 valence electrons. The summed E-state index contributed by atoms with van der Waals surface area (Å²) in [5, 5.41) is 6.95. The van der Waals surface area contributed by atoms with Crippen LogP contribution in [-0.2, 0) is 17.8 Å². The molecule has 0 atom stereocenters. The maximum absolute atomic E-state index is 12.3. The molecule has 0 aliphatic carbocycles. The minimum absolute atomic E-state index is 0.0344. The Balaban J connectivity index is 1.38. The smallest absolute Gasteiger partial charge is 0.224 e. The fourth-order valence-electron chi connectivity index (χ4n) is 3.42. The summed E-state index contributed by atoms with van der Waals surface area (Å²) in [6.45, 7) is 8.87. The third-order valence-corrected chi connectivity index (χ3v) is 5.28. The zero-order chi connectivity index (χ0) is 22.1. The van der Waals surface area contributed by atoms with Crippen LogP contribution in [0.3, 0.4) is 0 Å². The van der Waals surface area contributed by atoms with Gasteiger partial charge in [-0.15, -0.1) is 0 Å². The average molecular weight is 422 g/mol. The molecular formula is C25H31N3O3. The zero-order valence-corrected chi connectivity index (χ0v) is 18.6. The number of anilines is 1. The Kier molecular flexibility index (Phi) is 8.10. The lowest BCUT2D eigenvalue weighted by atomic mass is 10.1. The molecule has 0 saturated carbocycles. The minimum Gasteiger partial charge on any atom is -0.489 e. The number of hydrogen-bond acceptors (Lipinski definition) is 5. The van der Waals surface area contributed by atoms with Gasteiger partial charge in [-0.1, -0.05) is 35.5 Å². The van der Waals surface area contributed by atoms with Gasteiger partial charge in [0, 0.05) is 25.3 Å². The first-order valence-corrected chi connectivity index (χ1v) is 10.8. The van der Waals surface area contributed by atoms with E-state index in [2.05, 4.69) is 34.4 Å². The van der Waals surface area contributed by atoms with Gasteiger partial charge in [0.05, 0.1) is 17.7 Å². The molecule has 0 radical (unpaired) electrons. The Morgan fingerprint density at radius 3 is 2.48 bits per heavy atom. The Labute approximate surface area is 184 Å². The molecule has 0 unspecified atom stereocenters. The predicted octanol–water partition coefficient (Wildman–Crippen LogP) is 4.45. The lowest BCUT2D eigenvalue weighted by Crippen LogP contribution is -2.30. The molecular weight excluding hydrogens is 390 g/mol. The normalized spacial score (nSPS) is 10.7. The van der Waals surface area contributed by atoms with E-state index in [0.717, 1.165) is 47.8 Å². The highest BCUT2D eigenvalue weighted by Gasteiger charge is 2.10. The van der Waals surface area contributed by atoms with Gasteiger partial charge < -0.3 is 19.5 Å². The topological polar surface area (TPSA) is 67.6 Å². The molecule has 0 fully saturated rings. The monoisotopic (exact) mass is 421 g/mol. The number of rotatable bonds is 11. The van der Waals surface area contributed by atoms with Crippen LogP contribution in [0.4, 0.5) is 5.69 Å². The molecule has 3 aromatic rings. The number of nitrogens with one attached hydrogen (secondary N) is 1. The van der Waals surface area contributed by atoms with Gasteiger partial charge in [0.1, 0.15) is 18.1 Å². The number of aryl methyl sites for hydroxylation is 2. The van der Waals surface area contributed by atoms with E-state index in [1.54, 1.807) is 0 Å². The summed E-state index contributed by atoms with van der Waals surface area (Å²) in [6, 6.07) is 18.0. The van der Waals surface area contributed by atoms with Crippen molar-refractivity contribution < 1.29 is 14.1 Å². The summed E-state index contributed by atoms with van der Waals surface area (Å²) in [5.74, 6) is 1.56. The molecule has 1 heterocycles. The Hall–Kier alpha value is -3.28. The average Bonchev–Trinajstić information content (AvgIpc) is 3.11. The largest absolute Gasteiger partial charge is 0.489 e. The van der Waals surface area contributed by atoms with Crippen LogP contribution in [0.25, 0.3) is 0 Å². The van der Waals surface area contributed by atoms with Crippen molar-refractivity contribution in [3.63, 3.8) is 0 Å². The number of hydrogen-bond donors (Lipinski definition) is 1. The number of nitrogens with zero attached hydrogens (tertiary/aromatic N) is 2. The summed E-state index contributed by atoms with van der Waals surface area (Å²) >= 11 is 0. The molecule has 1 N–H and O–H groups in total. The zero-order valence-electron chi connectivity index (χ0n) is 18.6. The molecule has 0 saturated heterocycles. The molecule has 0 aliphatic heterocycles. The highest BCUT2D eigenvalue weighted by molar-refractivity contribution is 5.78. The molecule has 6 heteroatoms. The van der Waals surface area contributed by atoms with Gasteiger partial charge in [0.15, 0.2) is 0 Å². The van der Waals surface area contributed by atoms with E-state index in [9.17, 15) is 4.79 Å². The van der Waals surface area contributed by atoms with Crippen LogP contribution in [0.2, 0.25) is 0 Å². The Morgan fingerprint density at radius 2 is 1.84 bits per heavy atom. The van der Waals surface area contributed by atoms with Crippen molar-refractivity contribution in [1.29, 1.82) is 0 Å². The van der Waals surface area contributed by atoms with Gasteiger partial charge in [-0.3, -0.25) is 4.79 Å². The van der Waals surface area contributed by atoms with E-state index in [-0.39, 0.29) is 5.91 Å². The molecule has 0 aliphatic rings. The maximum atomic E-state index is 12.3. The van der Waals surface area contributed by atoms with E-state index in [1.165, 1.54) is 5.69 Å². The molecule has 1 amide bonds. The SMILES string of the molecule is CCN(CCCNC(=O)Cc1ccc(OCc2c(C)noc2C)cc1)c1ccccc1. The molecule has 0 spiro atoms. The van der Waals surface area contributed by atoms with Crippen LogP contribution in [0.1, 0.15) is 35.9 Å². The number of para-hydroxylation sites is 1. The quantitative estimate of drug-likeness (QED) is 0.464. The third kappa shape index (κ3) is 6.60. The molecule has 3 rings (SSSR count). The number of aromatic nitrogens is 1. The van der Waals surface area contributed by atoms with E-state index in [0.29, 0.717) is 19.6 Å². The molecule has 1 aromatic heterocycles. The number of ether oxygens (including phenoxy) is 1. The molecule has 31 heavy (non-hydrogen) atoms. The van der Waals surface area contributed by atoms with Crippen molar-refractivity contribution in [2.75, 3.05) is 24.5 Å². The Morgan fingerprint density at radius 1 is 1.10 bits per heavy atom. The summed E-state index contributed by atoms with van der Waals surface area (Å²) in [5.41, 5.74) is 3.99. The Bertz CT molecular complexity index is 932. The van der Waals surface area contributed by atoms with Crippen LogP contribution < -0.4 is 15.0 Å². The van der Waals surface area contributed by atoms with Crippen molar-refractivity contribution in [2.45, 2.75) is 40.2 Å². The lowest BCUT2D eigenvalue weighted by Gasteiger charge is -2.23. The summed E-state index contributed by atoms with van der Waals surface area (Å²) in [4.78, 5) is 14.6. The standard InChI is InChI=1S/C25H31N3O3/c1-4-28(22-9-6-5-7-10-22)16-8-15-26-25(29)17-21-11-13-23(14-12-21)30-18-24-19(2)27-31-20(24)3/h5-7,9-14H,4,8,15-18H2,1-3H3,(H,26,29). The van der Waals surface area contributed by atoms with Crippen molar-refractivity contribution in [3.8, 4) is 5.75 Å². The van der Waals surface area contributed by atoms with E-state index < -0.39 is 0 Å². The van der Waals surface area contributed by atoms with Gasteiger partial charge in [0.25, 0.3) is 0 Å². The highest BCUT2D eigenvalue weighted by Crippen LogP contribution is 2.18. The van der Waals surface area contributed by atoms with E-state index in [4.69, 9.17) is 9.26 Å². The first-order valence-electron chi connectivity index (χ1n) is 10.8. The van der Waals surface area contributed by atoms with Gasteiger partial charge in [-0.2, -0.15) is 0 Å². The second kappa shape index (κ2) is 11.2. The fourth-order valence-corrected chi connectivity index (χ4v) is 3.42. The van der Waals surface area contributed by atoms with Gasteiger partial charge in [-0.05, 0) is 57.0 Å². The molecule has 6 nitrogen and oxygen atoms in total. The van der Waals surface area contributed by atoms with Crippen molar-refractivity contribution in [3.05, 3.63) is 77.2 Å². The number of carbonyl (C=O) groups excluding carboxylic acids is 1. The van der Waals surface area contributed by atoms with E-state index in [1.807, 2.05) is 56.3 Å². The first kappa shape index (κ1) is 22.4. The van der Waals surface area contributed by atoms with Gasteiger partial charge in [0.2, 0.25) is 5.91 Å². The third-order valence-electron chi connectivity index (χ3n) is 5.28. The minimum atomic E-state index is 0.0344. The number of benzene rings is 2. The molecule has 2 aromatic carbocycles. The maximum Gasteiger partial charge on any atom is 0.224 e. The number of carbonyl (C=O) groups is 1. The summed E-state index contributed by atoms with van der Waals surface area (Å²) in [7, 11) is 0. The summed E-state index contributed by atoms with van der Waals surface area (Å²) < 4.78 is 11.0. The second-order valence-electron chi connectivity index (χ2n) is 7.53. The van der Waals surface area contributed by atoms with Crippen molar-refractivity contribution in [1.82, 2.24) is 10.5 Å². The predicted molar refractivity (Wildman–Crippen MR) is 122 cm³/mol. The van der Waals surface area contributed by atoms with Crippen molar-refractivity contribution in [2.24, 2.45) is 0 Å². The van der Waals surface area contributed by atoms with Gasteiger partial charge >= 0.3 is 0 Å². The van der Waals surface area contributed by atoms with Crippen LogP contribution in [0, 0.1) is 13.8 Å². The first-order chi connectivity index (χ1) is 15.1. The van der Waals surface area contributed by atoms with Gasteiger partial charge in [-0.25, -0.2) is 0 Å². The number of amides is 1. The molecule has 0 bridgehead atoms. The lowest BCUT2D eigenvalue weighted by molar-refractivity contribution is -0.120. The van der Waals surface area contributed by atoms with Crippen LogP contribution >= 0.6 is 0 Å². The van der Waals surface area contributed by atoms with E-state index >= 15 is 0 Å².